The van der Waals surface area contributed by atoms with Crippen molar-refractivity contribution in [1.82, 2.24) is 0 Å². The van der Waals surface area contributed by atoms with Crippen LogP contribution in [0.25, 0.3) is 0 Å². The Morgan fingerprint density at radius 2 is 1.67 bits per heavy atom. The highest BCUT2D eigenvalue weighted by Crippen LogP contribution is 2.28. The highest BCUT2D eigenvalue weighted by molar-refractivity contribution is 6.39. The van der Waals surface area contributed by atoms with Crippen molar-refractivity contribution in [3.8, 4) is 0 Å². The number of hydrogen-bond donors (Lipinski definition) is 0. The summed E-state index contributed by atoms with van der Waals surface area (Å²) in [6.07, 6.45) is 1.63. The molecular weight excluding hydrogens is 231 g/mol. The molecule has 0 aliphatic carbocycles. The van der Waals surface area contributed by atoms with E-state index in [0.717, 1.165) is 12.8 Å². The summed E-state index contributed by atoms with van der Waals surface area (Å²) in [6, 6.07) is 5.14. The fourth-order valence-electron chi connectivity index (χ4n) is 1.60. The molecule has 3 heteroatoms. The van der Waals surface area contributed by atoms with Gasteiger partial charge in [-0.15, -0.1) is 0 Å². The molecule has 1 aromatic rings. The Morgan fingerprint density at radius 3 is 2.07 bits per heavy atom. The zero-order valence-electron chi connectivity index (χ0n) is 8.89. The van der Waals surface area contributed by atoms with Gasteiger partial charge < -0.3 is 0 Å². The lowest BCUT2D eigenvalue weighted by Crippen LogP contribution is -2.14. The maximum atomic E-state index is 12.1. The van der Waals surface area contributed by atoms with Gasteiger partial charge >= 0.3 is 0 Å². The Balaban J connectivity index is 3.10. The number of carbonyl (C=O) groups excluding carboxylic acids is 1. The van der Waals surface area contributed by atoms with E-state index >= 15 is 0 Å². The number of benzene rings is 1. The van der Waals surface area contributed by atoms with Crippen LogP contribution >= 0.6 is 23.2 Å². The Labute approximate surface area is 100 Å². The van der Waals surface area contributed by atoms with E-state index in [-0.39, 0.29) is 11.7 Å². The van der Waals surface area contributed by atoms with Gasteiger partial charge in [0.05, 0.1) is 15.6 Å². The van der Waals surface area contributed by atoms with Crippen molar-refractivity contribution in [2.45, 2.75) is 26.7 Å². The average Bonchev–Trinajstić information content (AvgIpc) is 2.19. The molecule has 0 N–H and O–H groups in total. The minimum Gasteiger partial charge on any atom is -0.294 e. The third-order valence-corrected chi connectivity index (χ3v) is 3.20. The van der Waals surface area contributed by atoms with Gasteiger partial charge in [0.1, 0.15) is 0 Å². The Hall–Kier alpha value is -0.530. The lowest BCUT2D eigenvalue weighted by molar-refractivity contribution is 0.0914. The van der Waals surface area contributed by atoms with E-state index in [9.17, 15) is 4.79 Å². The summed E-state index contributed by atoms with van der Waals surface area (Å²) in [5, 5.41) is 0.888. The van der Waals surface area contributed by atoms with Crippen LogP contribution in [-0.4, -0.2) is 5.78 Å². The monoisotopic (exact) mass is 244 g/mol. The van der Waals surface area contributed by atoms with E-state index in [0.29, 0.717) is 15.6 Å². The number of Topliss-reactive ketones (excluding diaryl/α,β-unsaturated/α-hetero) is 1. The largest absolute Gasteiger partial charge is 0.294 e. The summed E-state index contributed by atoms with van der Waals surface area (Å²) in [6.45, 7) is 3.99. The minimum atomic E-state index is 0.0161. The van der Waals surface area contributed by atoms with Crippen molar-refractivity contribution in [3.63, 3.8) is 0 Å². The summed E-state index contributed by atoms with van der Waals surface area (Å²) in [5.74, 6) is 0.0676. The van der Waals surface area contributed by atoms with Gasteiger partial charge in [-0.2, -0.15) is 0 Å². The van der Waals surface area contributed by atoms with Crippen LogP contribution in [0.4, 0.5) is 0 Å². The molecule has 0 bridgehead atoms. The van der Waals surface area contributed by atoms with E-state index in [1.807, 2.05) is 13.8 Å². The maximum absolute atomic E-state index is 12.1. The van der Waals surface area contributed by atoms with Gasteiger partial charge in [-0.1, -0.05) is 43.1 Å². The van der Waals surface area contributed by atoms with E-state index < -0.39 is 0 Å². The van der Waals surface area contributed by atoms with Gasteiger partial charge in [-0.3, -0.25) is 4.79 Å². The van der Waals surface area contributed by atoms with Gasteiger partial charge in [0, 0.05) is 5.92 Å². The molecule has 0 spiro atoms. The summed E-state index contributed by atoms with van der Waals surface area (Å²) >= 11 is 12.0. The second kappa shape index (κ2) is 5.53. The van der Waals surface area contributed by atoms with Crippen LogP contribution in [0.2, 0.25) is 10.0 Å². The molecule has 1 aromatic carbocycles. The lowest BCUT2D eigenvalue weighted by atomic mass is 9.93. The minimum absolute atomic E-state index is 0.0161. The molecule has 0 aromatic heterocycles. The van der Waals surface area contributed by atoms with E-state index in [1.165, 1.54) is 0 Å². The number of halogens is 2. The number of ketones is 1. The number of rotatable bonds is 4. The standard InChI is InChI=1S/C12H14Cl2O/c1-3-8(4-2)12(15)11-9(13)6-5-7-10(11)14/h5-8H,3-4H2,1-2H3. The van der Waals surface area contributed by atoms with E-state index in [2.05, 4.69) is 0 Å². The quantitative estimate of drug-likeness (QED) is 0.708. The molecule has 15 heavy (non-hydrogen) atoms. The van der Waals surface area contributed by atoms with Crippen molar-refractivity contribution in [2.24, 2.45) is 5.92 Å². The number of carbonyl (C=O) groups is 1. The van der Waals surface area contributed by atoms with Crippen molar-refractivity contribution in [2.75, 3.05) is 0 Å². The highest BCUT2D eigenvalue weighted by atomic mass is 35.5. The maximum Gasteiger partial charge on any atom is 0.168 e. The predicted octanol–water partition coefficient (Wildman–Crippen LogP) is 4.61. The van der Waals surface area contributed by atoms with Crippen molar-refractivity contribution < 1.29 is 4.79 Å². The van der Waals surface area contributed by atoms with Gasteiger partial charge in [-0.05, 0) is 25.0 Å². The molecule has 0 atom stereocenters. The molecule has 0 aliphatic rings. The molecule has 0 saturated carbocycles. The second-order valence-electron chi connectivity index (χ2n) is 3.47. The lowest BCUT2D eigenvalue weighted by Gasteiger charge is -2.13. The fraction of sp³-hybridized carbons (Fsp3) is 0.417. The first kappa shape index (κ1) is 12.5. The molecule has 82 valence electrons. The molecule has 0 fully saturated rings. The zero-order valence-corrected chi connectivity index (χ0v) is 10.4. The van der Waals surface area contributed by atoms with Crippen molar-refractivity contribution in [3.05, 3.63) is 33.8 Å². The van der Waals surface area contributed by atoms with Crippen LogP contribution in [-0.2, 0) is 0 Å². The average molecular weight is 245 g/mol. The van der Waals surface area contributed by atoms with Crippen molar-refractivity contribution >= 4 is 29.0 Å². The van der Waals surface area contributed by atoms with Crippen LogP contribution in [0, 0.1) is 5.92 Å². The van der Waals surface area contributed by atoms with Crippen LogP contribution in [0.5, 0.6) is 0 Å². The fourth-order valence-corrected chi connectivity index (χ4v) is 2.18. The van der Waals surface area contributed by atoms with Gasteiger partial charge in [-0.25, -0.2) is 0 Å². The molecule has 1 rings (SSSR count). The van der Waals surface area contributed by atoms with Gasteiger partial charge in [0.25, 0.3) is 0 Å². The second-order valence-corrected chi connectivity index (χ2v) is 4.29. The van der Waals surface area contributed by atoms with Gasteiger partial charge in [0.15, 0.2) is 5.78 Å². The van der Waals surface area contributed by atoms with Crippen LogP contribution in [0.1, 0.15) is 37.0 Å². The topological polar surface area (TPSA) is 17.1 Å². The van der Waals surface area contributed by atoms with Crippen molar-refractivity contribution in [1.29, 1.82) is 0 Å². The highest BCUT2D eigenvalue weighted by Gasteiger charge is 2.21. The smallest absolute Gasteiger partial charge is 0.168 e. The molecule has 0 radical (unpaired) electrons. The van der Waals surface area contributed by atoms with E-state index in [4.69, 9.17) is 23.2 Å². The molecule has 0 amide bonds. The summed E-state index contributed by atoms with van der Waals surface area (Å²) in [4.78, 5) is 12.1. The van der Waals surface area contributed by atoms with Crippen LogP contribution < -0.4 is 0 Å². The Bertz CT molecular complexity index is 336. The molecule has 0 saturated heterocycles. The van der Waals surface area contributed by atoms with Crippen LogP contribution in [0.15, 0.2) is 18.2 Å². The zero-order chi connectivity index (χ0) is 11.4. The molecular formula is C12H14Cl2O. The SMILES string of the molecule is CCC(CC)C(=O)c1c(Cl)cccc1Cl. The van der Waals surface area contributed by atoms with Crippen LogP contribution in [0.3, 0.4) is 0 Å². The normalized spacial score (nSPS) is 10.7. The molecule has 1 nitrogen and oxygen atoms in total. The molecule has 0 unspecified atom stereocenters. The Kier molecular flexibility index (Phi) is 4.62. The van der Waals surface area contributed by atoms with Gasteiger partial charge in [0.2, 0.25) is 0 Å². The third kappa shape index (κ3) is 2.73. The summed E-state index contributed by atoms with van der Waals surface area (Å²) in [7, 11) is 0. The molecule has 0 heterocycles. The molecule has 0 aliphatic heterocycles. The third-order valence-electron chi connectivity index (χ3n) is 2.57. The summed E-state index contributed by atoms with van der Waals surface area (Å²) < 4.78 is 0. The first-order valence-electron chi connectivity index (χ1n) is 5.10. The number of hydrogen-bond acceptors (Lipinski definition) is 1. The predicted molar refractivity (Wildman–Crippen MR) is 64.9 cm³/mol. The summed E-state index contributed by atoms with van der Waals surface area (Å²) in [5.41, 5.74) is 0.467. The van der Waals surface area contributed by atoms with E-state index in [1.54, 1.807) is 18.2 Å². The first-order valence-corrected chi connectivity index (χ1v) is 5.85. The Morgan fingerprint density at radius 1 is 1.20 bits per heavy atom. The first-order chi connectivity index (χ1) is 7.11.